The molecule has 0 amide bonds. The first-order valence-corrected chi connectivity index (χ1v) is 5.61. The van der Waals surface area contributed by atoms with E-state index >= 15 is 0 Å². The molecule has 1 fully saturated rings. The van der Waals surface area contributed by atoms with Crippen molar-refractivity contribution in [2.24, 2.45) is 0 Å². The number of fused-ring (bicyclic) bond motifs is 1. The molecule has 3 rings (SSSR count). The van der Waals surface area contributed by atoms with E-state index in [1.165, 1.54) is 6.07 Å². The summed E-state index contributed by atoms with van der Waals surface area (Å²) < 4.78 is 18.9. The summed E-state index contributed by atoms with van der Waals surface area (Å²) in [6.07, 6.45) is 0.820. The highest BCUT2D eigenvalue weighted by Gasteiger charge is 2.23. The average molecular weight is 233 g/mol. The quantitative estimate of drug-likeness (QED) is 0.823. The molecule has 0 spiro atoms. The second kappa shape index (κ2) is 3.96. The summed E-state index contributed by atoms with van der Waals surface area (Å²) in [5.41, 5.74) is 0.854. The fourth-order valence-corrected chi connectivity index (χ4v) is 2.22. The summed E-state index contributed by atoms with van der Waals surface area (Å²) in [6, 6.07) is 6.29. The number of pyridine rings is 1. The number of ether oxygens (including phenoxy) is 1. The van der Waals surface area contributed by atoms with Crippen molar-refractivity contribution in [3.8, 4) is 5.75 Å². The van der Waals surface area contributed by atoms with Crippen molar-refractivity contribution >= 4 is 10.9 Å². The second-order valence-electron chi connectivity index (χ2n) is 4.26. The first kappa shape index (κ1) is 10.5. The molecule has 4 heteroatoms. The smallest absolute Gasteiger partial charge is 0.149 e. The average Bonchev–Trinajstić information content (AvgIpc) is 2.82. The van der Waals surface area contributed by atoms with Gasteiger partial charge in [0, 0.05) is 17.9 Å². The van der Waals surface area contributed by atoms with E-state index in [1.54, 1.807) is 18.2 Å². The maximum Gasteiger partial charge on any atom is 0.149 e. The van der Waals surface area contributed by atoms with Crippen LogP contribution in [0, 0.1) is 5.82 Å². The highest BCUT2D eigenvalue weighted by atomic mass is 19.1. The van der Waals surface area contributed by atoms with Crippen molar-refractivity contribution in [1.29, 1.82) is 0 Å². The Kier molecular flexibility index (Phi) is 2.44. The van der Waals surface area contributed by atoms with Crippen LogP contribution in [0.5, 0.6) is 5.75 Å². The predicted octanol–water partition coefficient (Wildman–Crippen LogP) is 2.58. The third-order valence-electron chi connectivity index (χ3n) is 3.12. The van der Waals surface area contributed by atoms with Gasteiger partial charge in [-0.3, -0.25) is 0 Å². The number of aromatic nitrogens is 1. The van der Waals surface area contributed by atoms with E-state index in [0.717, 1.165) is 6.42 Å². The zero-order chi connectivity index (χ0) is 11.8. The van der Waals surface area contributed by atoms with Crippen molar-refractivity contribution < 1.29 is 14.2 Å². The monoisotopic (exact) mass is 233 g/mol. The lowest BCUT2D eigenvalue weighted by Gasteiger charge is -2.10. The van der Waals surface area contributed by atoms with Crippen LogP contribution in [-0.4, -0.2) is 23.3 Å². The molecule has 1 aliphatic heterocycles. The van der Waals surface area contributed by atoms with E-state index in [1.807, 2.05) is 0 Å². The van der Waals surface area contributed by atoms with Gasteiger partial charge >= 0.3 is 0 Å². The standard InChI is InChI=1S/C13H12FNO2/c14-10-3-1-2-8-6-11(16)13(15-12(8)10)9-4-5-17-7-9/h1-3,6,9,16H,4-5,7H2. The fraction of sp³-hybridized carbons (Fsp3) is 0.308. The van der Waals surface area contributed by atoms with E-state index in [4.69, 9.17) is 4.74 Å². The molecular weight excluding hydrogens is 221 g/mol. The van der Waals surface area contributed by atoms with Crippen LogP contribution in [0.15, 0.2) is 24.3 Å². The lowest BCUT2D eigenvalue weighted by atomic mass is 10.0. The molecule has 17 heavy (non-hydrogen) atoms. The van der Waals surface area contributed by atoms with E-state index in [2.05, 4.69) is 4.98 Å². The number of hydrogen-bond donors (Lipinski definition) is 1. The van der Waals surface area contributed by atoms with Gasteiger partial charge in [-0.15, -0.1) is 0 Å². The molecule has 1 aromatic carbocycles. The van der Waals surface area contributed by atoms with E-state index in [9.17, 15) is 9.50 Å². The Bertz CT molecular complexity index is 565. The molecular formula is C13H12FNO2. The SMILES string of the molecule is Oc1cc2cccc(F)c2nc1C1CCOC1. The molecule has 1 atom stereocenters. The number of benzene rings is 1. The topological polar surface area (TPSA) is 42.4 Å². The van der Waals surface area contributed by atoms with Crippen molar-refractivity contribution in [2.45, 2.75) is 12.3 Å². The largest absolute Gasteiger partial charge is 0.506 e. The molecule has 1 aliphatic rings. The van der Waals surface area contributed by atoms with Gasteiger partial charge in [-0.1, -0.05) is 12.1 Å². The van der Waals surface area contributed by atoms with Gasteiger partial charge in [0.1, 0.15) is 17.1 Å². The number of rotatable bonds is 1. The van der Waals surface area contributed by atoms with Crippen LogP contribution >= 0.6 is 0 Å². The normalized spacial score (nSPS) is 19.9. The summed E-state index contributed by atoms with van der Waals surface area (Å²) in [5, 5.41) is 10.5. The Morgan fingerprint density at radius 2 is 2.29 bits per heavy atom. The molecule has 0 radical (unpaired) electrons. The van der Waals surface area contributed by atoms with Crippen LogP contribution in [0.25, 0.3) is 10.9 Å². The Morgan fingerprint density at radius 1 is 1.41 bits per heavy atom. The minimum absolute atomic E-state index is 0.0685. The minimum atomic E-state index is -0.359. The number of hydrogen-bond acceptors (Lipinski definition) is 3. The van der Waals surface area contributed by atoms with Crippen molar-refractivity contribution in [3.63, 3.8) is 0 Å². The van der Waals surface area contributed by atoms with Crippen LogP contribution in [0.2, 0.25) is 0 Å². The third kappa shape index (κ3) is 1.74. The van der Waals surface area contributed by atoms with Crippen LogP contribution in [-0.2, 0) is 4.74 Å². The van der Waals surface area contributed by atoms with Crippen LogP contribution in [0.1, 0.15) is 18.0 Å². The molecule has 1 N–H and O–H groups in total. The number of para-hydroxylation sites is 1. The summed E-state index contributed by atoms with van der Waals surface area (Å²) in [4.78, 5) is 4.25. The number of nitrogens with zero attached hydrogens (tertiary/aromatic N) is 1. The predicted molar refractivity (Wildman–Crippen MR) is 61.5 cm³/mol. The lowest BCUT2D eigenvalue weighted by Crippen LogP contribution is -2.02. The van der Waals surface area contributed by atoms with Gasteiger partial charge in [-0.2, -0.15) is 0 Å². The summed E-state index contributed by atoms with van der Waals surface area (Å²) in [5.74, 6) is -0.166. The first-order chi connectivity index (χ1) is 8.25. The first-order valence-electron chi connectivity index (χ1n) is 5.61. The Morgan fingerprint density at radius 3 is 3.06 bits per heavy atom. The number of halogens is 1. The van der Waals surface area contributed by atoms with Gasteiger partial charge < -0.3 is 9.84 Å². The molecule has 0 bridgehead atoms. The Balaban J connectivity index is 2.18. The van der Waals surface area contributed by atoms with Crippen LogP contribution in [0.4, 0.5) is 4.39 Å². The summed E-state index contributed by atoms with van der Waals surface area (Å²) in [6.45, 7) is 1.21. The molecule has 3 nitrogen and oxygen atoms in total. The van der Waals surface area contributed by atoms with Gasteiger partial charge in [0.2, 0.25) is 0 Å². The Labute approximate surface area is 97.9 Å². The van der Waals surface area contributed by atoms with E-state index < -0.39 is 0 Å². The lowest BCUT2D eigenvalue weighted by molar-refractivity contribution is 0.193. The zero-order valence-electron chi connectivity index (χ0n) is 9.19. The highest BCUT2D eigenvalue weighted by molar-refractivity contribution is 5.81. The molecule has 88 valence electrons. The molecule has 2 aromatic rings. The summed E-state index contributed by atoms with van der Waals surface area (Å²) >= 11 is 0. The second-order valence-corrected chi connectivity index (χ2v) is 4.26. The molecule has 0 saturated carbocycles. The summed E-state index contributed by atoms with van der Waals surface area (Å²) in [7, 11) is 0. The molecule has 2 heterocycles. The van der Waals surface area contributed by atoms with Crippen LogP contribution in [0.3, 0.4) is 0 Å². The van der Waals surface area contributed by atoms with Crippen molar-refractivity contribution in [1.82, 2.24) is 4.98 Å². The maximum atomic E-state index is 13.6. The van der Waals surface area contributed by atoms with E-state index in [-0.39, 0.29) is 17.5 Å². The zero-order valence-corrected chi connectivity index (χ0v) is 9.19. The van der Waals surface area contributed by atoms with Crippen LogP contribution < -0.4 is 0 Å². The van der Waals surface area contributed by atoms with Gasteiger partial charge in [0.25, 0.3) is 0 Å². The Hall–Kier alpha value is -1.68. The van der Waals surface area contributed by atoms with Gasteiger partial charge in [-0.05, 0) is 18.6 Å². The van der Waals surface area contributed by atoms with Crippen molar-refractivity contribution in [3.05, 3.63) is 35.8 Å². The third-order valence-corrected chi connectivity index (χ3v) is 3.12. The fourth-order valence-electron chi connectivity index (χ4n) is 2.22. The van der Waals surface area contributed by atoms with Gasteiger partial charge in [-0.25, -0.2) is 9.37 Å². The van der Waals surface area contributed by atoms with Gasteiger partial charge in [0.15, 0.2) is 0 Å². The number of aromatic hydroxyl groups is 1. The maximum absolute atomic E-state index is 13.6. The molecule has 1 unspecified atom stereocenters. The van der Waals surface area contributed by atoms with E-state index in [0.29, 0.717) is 29.8 Å². The van der Waals surface area contributed by atoms with Crippen molar-refractivity contribution in [2.75, 3.05) is 13.2 Å². The molecule has 0 aliphatic carbocycles. The van der Waals surface area contributed by atoms with Gasteiger partial charge in [0.05, 0.1) is 12.3 Å². The highest BCUT2D eigenvalue weighted by Crippen LogP contribution is 2.32. The minimum Gasteiger partial charge on any atom is -0.506 e. The molecule has 1 aromatic heterocycles. The molecule has 1 saturated heterocycles.